The van der Waals surface area contributed by atoms with Gasteiger partial charge in [0.05, 0.1) is 22.1 Å². The van der Waals surface area contributed by atoms with Crippen LogP contribution in [0.2, 0.25) is 0 Å². The third kappa shape index (κ3) is 5.03. The third-order valence-corrected chi connectivity index (χ3v) is 14.3. The molecular formula is C59H38N2S. The lowest BCUT2D eigenvalue weighted by molar-refractivity contribution is 0.769. The molecule has 0 fully saturated rings. The van der Waals surface area contributed by atoms with Crippen molar-refractivity contribution in [2.24, 2.45) is 0 Å². The van der Waals surface area contributed by atoms with Gasteiger partial charge in [0.15, 0.2) is 0 Å². The van der Waals surface area contributed by atoms with Crippen molar-refractivity contribution in [2.75, 3.05) is 4.90 Å². The van der Waals surface area contributed by atoms with Crippen LogP contribution in [0.3, 0.4) is 0 Å². The SMILES string of the molecule is c1ccc(-n2c3ccccc3c3ccc(N(c4ccc5c(c4)C(c4ccccc4)(c4ccccc4)c4cc6ccccc6cc4-5)c4cccc5sc6ccccc6c45)cc32)cc1. The summed E-state index contributed by atoms with van der Waals surface area (Å²) in [6.07, 6.45) is 0. The van der Waals surface area contributed by atoms with Crippen molar-refractivity contribution in [1.29, 1.82) is 0 Å². The van der Waals surface area contributed by atoms with Gasteiger partial charge in [0.1, 0.15) is 0 Å². The molecule has 2 aromatic heterocycles. The van der Waals surface area contributed by atoms with E-state index in [-0.39, 0.29) is 0 Å². The van der Waals surface area contributed by atoms with E-state index >= 15 is 0 Å². The second kappa shape index (κ2) is 13.7. The van der Waals surface area contributed by atoms with Crippen LogP contribution in [0.5, 0.6) is 0 Å². The van der Waals surface area contributed by atoms with Gasteiger partial charge < -0.3 is 9.47 Å². The molecular weight excluding hydrogens is 769 g/mol. The van der Waals surface area contributed by atoms with Crippen LogP contribution >= 0.6 is 11.3 Å². The van der Waals surface area contributed by atoms with Crippen molar-refractivity contribution in [3.63, 3.8) is 0 Å². The molecule has 3 heteroatoms. The summed E-state index contributed by atoms with van der Waals surface area (Å²) in [5.41, 5.74) is 14.0. The summed E-state index contributed by atoms with van der Waals surface area (Å²) >= 11 is 1.87. The highest BCUT2D eigenvalue weighted by Gasteiger charge is 2.46. The molecule has 2 nitrogen and oxygen atoms in total. The Morgan fingerprint density at radius 3 is 1.74 bits per heavy atom. The molecule has 0 N–H and O–H groups in total. The largest absolute Gasteiger partial charge is 0.310 e. The maximum atomic E-state index is 2.52. The Balaban J connectivity index is 1.14. The molecule has 0 radical (unpaired) electrons. The van der Waals surface area contributed by atoms with Crippen molar-refractivity contribution < 1.29 is 0 Å². The first-order chi connectivity index (χ1) is 30.8. The van der Waals surface area contributed by atoms with Crippen molar-refractivity contribution in [3.05, 3.63) is 253 Å². The summed E-state index contributed by atoms with van der Waals surface area (Å²) < 4.78 is 4.99. The summed E-state index contributed by atoms with van der Waals surface area (Å²) in [5.74, 6) is 0. The predicted molar refractivity (Wildman–Crippen MR) is 263 cm³/mol. The first-order valence-electron chi connectivity index (χ1n) is 21.3. The standard InChI is InChI=1S/C59H38N2S/c1-4-19-41(20-5-1)59(42-21-6-2-7-22-42)51-36-40-18-11-10-17-39(40)35-50(51)46-33-31-44(37-52(46)59)60(54-28-16-30-57-58(54)49-26-13-15-29-56(49)62-57)45-32-34-48-47-25-12-14-27-53(47)61(55(48)38-45)43-23-8-3-9-24-43/h1-38H. The van der Waals surface area contributed by atoms with Gasteiger partial charge in [-0.3, -0.25) is 0 Å². The molecule has 13 rings (SSSR count). The Labute approximate surface area is 363 Å². The van der Waals surface area contributed by atoms with Crippen molar-refractivity contribution in [3.8, 4) is 16.8 Å². The quantitative estimate of drug-likeness (QED) is 0.162. The highest BCUT2D eigenvalue weighted by molar-refractivity contribution is 7.26. The maximum absolute atomic E-state index is 2.52. The molecule has 0 aliphatic heterocycles. The number of thiophene rings is 1. The average molecular weight is 807 g/mol. The summed E-state index contributed by atoms with van der Waals surface area (Å²) in [6.45, 7) is 0. The highest BCUT2D eigenvalue weighted by atomic mass is 32.1. The zero-order valence-electron chi connectivity index (χ0n) is 33.7. The van der Waals surface area contributed by atoms with E-state index in [1.54, 1.807) is 0 Å². The lowest BCUT2D eigenvalue weighted by Crippen LogP contribution is -2.28. The second-order valence-electron chi connectivity index (χ2n) is 16.4. The normalized spacial score (nSPS) is 13.0. The lowest BCUT2D eigenvalue weighted by atomic mass is 9.67. The van der Waals surface area contributed by atoms with E-state index in [1.165, 1.54) is 86.1 Å². The molecule has 0 atom stereocenters. The summed E-state index contributed by atoms with van der Waals surface area (Å²) in [7, 11) is 0. The monoisotopic (exact) mass is 806 g/mol. The molecule has 10 aromatic carbocycles. The van der Waals surface area contributed by atoms with E-state index in [1.807, 2.05) is 11.3 Å². The van der Waals surface area contributed by atoms with E-state index in [0.29, 0.717) is 0 Å². The molecule has 1 aliphatic carbocycles. The van der Waals surface area contributed by atoms with Gasteiger partial charge in [-0.05, 0) is 117 Å². The number of hydrogen-bond donors (Lipinski definition) is 0. The second-order valence-corrected chi connectivity index (χ2v) is 17.5. The zero-order chi connectivity index (χ0) is 40.8. The molecule has 2 heterocycles. The molecule has 0 unspecified atom stereocenters. The fourth-order valence-corrected chi connectivity index (χ4v) is 11.7. The molecule has 62 heavy (non-hydrogen) atoms. The summed E-state index contributed by atoms with van der Waals surface area (Å²) in [6, 6.07) is 85.6. The minimum atomic E-state index is -0.566. The third-order valence-electron chi connectivity index (χ3n) is 13.2. The topological polar surface area (TPSA) is 8.17 Å². The smallest absolute Gasteiger partial charge is 0.0714 e. The van der Waals surface area contributed by atoms with Crippen LogP contribution in [-0.4, -0.2) is 4.57 Å². The fourth-order valence-electron chi connectivity index (χ4n) is 10.6. The number of anilines is 3. The van der Waals surface area contributed by atoms with Crippen LogP contribution in [0.4, 0.5) is 17.1 Å². The van der Waals surface area contributed by atoms with E-state index in [2.05, 4.69) is 240 Å². The van der Waals surface area contributed by atoms with Crippen molar-refractivity contribution in [1.82, 2.24) is 4.57 Å². The molecule has 1 aliphatic rings. The van der Waals surface area contributed by atoms with Crippen LogP contribution in [-0.2, 0) is 5.41 Å². The number of para-hydroxylation sites is 2. The molecule has 12 aromatic rings. The van der Waals surface area contributed by atoms with Gasteiger partial charge in [0.25, 0.3) is 0 Å². The molecule has 0 spiro atoms. The van der Waals surface area contributed by atoms with Crippen LogP contribution in [0, 0.1) is 0 Å². The zero-order valence-corrected chi connectivity index (χ0v) is 34.6. The van der Waals surface area contributed by atoms with Crippen molar-refractivity contribution in [2.45, 2.75) is 5.41 Å². The molecule has 0 saturated heterocycles. The van der Waals surface area contributed by atoms with Gasteiger partial charge in [0, 0.05) is 48.0 Å². The Hall–Kier alpha value is -7.72. The van der Waals surface area contributed by atoms with Crippen LogP contribution in [0.15, 0.2) is 231 Å². The van der Waals surface area contributed by atoms with Gasteiger partial charge in [0.2, 0.25) is 0 Å². The van der Waals surface area contributed by atoms with E-state index in [9.17, 15) is 0 Å². The van der Waals surface area contributed by atoms with Gasteiger partial charge in [-0.2, -0.15) is 0 Å². The molecule has 290 valence electrons. The van der Waals surface area contributed by atoms with E-state index < -0.39 is 5.41 Å². The Morgan fingerprint density at radius 2 is 0.968 bits per heavy atom. The number of nitrogens with zero attached hydrogens (tertiary/aromatic N) is 2. The van der Waals surface area contributed by atoms with Gasteiger partial charge in [-0.1, -0.05) is 158 Å². The van der Waals surface area contributed by atoms with Crippen molar-refractivity contribution >= 4 is 81.1 Å². The lowest BCUT2D eigenvalue weighted by Gasteiger charge is -2.35. The molecule has 0 saturated carbocycles. The number of rotatable bonds is 6. The minimum absolute atomic E-state index is 0.566. The summed E-state index contributed by atoms with van der Waals surface area (Å²) in [4.78, 5) is 2.52. The number of aromatic nitrogens is 1. The Bertz CT molecular complexity index is 3660. The van der Waals surface area contributed by atoms with E-state index in [4.69, 9.17) is 0 Å². The molecule has 0 bridgehead atoms. The number of fused-ring (bicyclic) bond motifs is 10. The number of benzene rings is 10. The van der Waals surface area contributed by atoms with Crippen LogP contribution < -0.4 is 4.90 Å². The van der Waals surface area contributed by atoms with Crippen LogP contribution in [0.25, 0.3) is 69.6 Å². The van der Waals surface area contributed by atoms with E-state index in [0.717, 1.165) is 22.7 Å². The minimum Gasteiger partial charge on any atom is -0.310 e. The first kappa shape index (κ1) is 35.1. The maximum Gasteiger partial charge on any atom is 0.0714 e. The molecule has 0 amide bonds. The fraction of sp³-hybridized carbons (Fsp3) is 0.0169. The van der Waals surface area contributed by atoms with Crippen LogP contribution in [0.1, 0.15) is 22.3 Å². The Kier molecular flexibility index (Phi) is 7.72. The van der Waals surface area contributed by atoms with Gasteiger partial charge >= 0.3 is 0 Å². The van der Waals surface area contributed by atoms with Gasteiger partial charge in [-0.25, -0.2) is 0 Å². The average Bonchev–Trinajstić information content (AvgIpc) is 3.98. The van der Waals surface area contributed by atoms with Gasteiger partial charge in [-0.15, -0.1) is 11.3 Å². The number of hydrogen-bond acceptors (Lipinski definition) is 2. The Morgan fingerprint density at radius 1 is 0.387 bits per heavy atom. The predicted octanol–water partition coefficient (Wildman–Crippen LogP) is 16.1. The summed E-state index contributed by atoms with van der Waals surface area (Å²) in [5, 5.41) is 7.51. The highest BCUT2D eigenvalue weighted by Crippen LogP contribution is 2.58. The first-order valence-corrected chi connectivity index (χ1v) is 22.2.